The third-order valence-electron chi connectivity index (χ3n) is 25.0. The molecule has 133 heavy (non-hydrogen) atoms. The number of nitrogens with one attached hydrogen (secondary N) is 13. The van der Waals surface area contributed by atoms with Gasteiger partial charge in [0, 0.05) is 58.7 Å². The van der Waals surface area contributed by atoms with E-state index in [1.807, 2.05) is 41.5 Å². The van der Waals surface area contributed by atoms with Gasteiger partial charge in [0.2, 0.25) is 112 Å². The lowest BCUT2D eigenvalue weighted by Crippen LogP contribution is -2.57. The summed E-state index contributed by atoms with van der Waals surface area (Å²) in [6.07, 6.45) is 12.5. The third-order valence-corrected chi connectivity index (χ3v) is 25.0. The second-order valence-electron chi connectivity index (χ2n) is 35.0. The van der Waals surface area contributed by atoms with Gasteiger partial charge >= 0.3 is 5.97 Å². The summed E-state index contributed by atoms with van der Waals surface area (Å²) in [5.74, 6) is -12.8. The molecule has 1 aromatic rings. The van der Waals surface area contributed by atoms with Crippen molar-refractivity contribution in [1.82, 2.24) is 98.5 Å². The van der Waals surface area contributed by atoms with Crippen LogP contribution in [0.3, 0.4) is 0 Å². The van der Waals surface area contributed by atoms with Crippen molar-refractivity contribution in [3.63, 3.8) is 0 Å². The predicted octanol–water partition coefficient (Wildman–Crippen LogP) is -0.597. The van der Waals surface area contributed by atoms with Crippen molar-refractivity contribution < 1.29 is 111 Å². The largest absolute Gasteiger partial charge is 0.504 e. The fourth-order valence-electron chi connectivity index (χ4n) is 17.7. The van der Waals surface area contributed by atoms with Crippen LogP contribution in [0, 0.1) is 0 Å². The van der Waals surface area contributed by atoms with Crippen molar-refractivity contribution in [3.8, 4) is 11.5 Å². The van der Waals surface area contributed by atoms with Gasteiger partial charge in [-0.05, 0) is 140 Å². The van der Waals surface area contributed by atoms with Crippen LogP contribution < -0.4 is 69.1 Å². The van der Waals surface area contributed by atoms with E-state index in [4.69, 9.17) is 4.74 Å². The molecular formula is C91H143N19O23. The maximum atomic E-state index is 14.5. The molecule has 6 fully saturated rings. The Bertz CT molecular complexity index is 4200. The lowest BCUT2D eigenvalue weighted by Gasteiger charge is -2.30. The summed E-state index contributed by atoms with van der Waals surface area (Å²) in [5, 5.41) is 53.7. The molecule has 6 aliphatic rings. The van der Waals surface area contributed by atoms with Gasteiger partial charge in [-0.15, -0.1) is 0 Å². The topological polar surface area (TPSA) is 567 Å². The van der Waals surface area contributed by atoms with E-state index in [-0.39, 0.29) is 128 Å². The van der Waals surface area contributed by atoms with E-state index >= 15 is 0 Å². The molecule has 0 spiro atoms. The molecule has 19 amide bonds. The summed E-state index contributed by atoms with van der Waals surface area (Å²) in [4.78, 5) is 282. The maximum absolute atomic E-state index is 14.5. The molecule has 6 heterocycles. The molecule has 42 nitrogen and oxygen atoms in total. The SMILES string of the molecule is CCCC[C@H](NC(=O)CNC(=O)CCC(=O)NCCc1ccc(O)c(O)c1)C(=O)N1CCC[C@H]1C(=O)NCC(=O)N[C@@H](CCCC)C(=O)N1CCC[C@H]1C(=O)NCC(=O)N[C@@H](CCCC)C(=O)N1CCC[C@H]1C(=O)NCC(=O)N[C@@H](CCCC)C(=O)N1CCC[C@H]1C(=O)NCC(=O)N[C@@H](CCCC)C(=O)N1CCC[C@H]1C(=O)NCC(=O)N[C@@H](CCCC)C(=O)N1CCC[C@H]1C(=O)OC. The summed E-state index contributed by atoms with van der Waals surface area (Å²) in [6.45, 7) is 9.36. The van der Waals surface area contributed by atoms with E-state index in [9.17, 15) is 106 Å². The number of hydrogen-bond acceptors (Lipinski definition) is 23. The molecule has 0 aliphatic carbocycles. The van der Waals surface area contributed by atoms with Crippen LogP contribution in [-0.2, 0) is 107 Å². The molecule has 740 valence electrons. The number of amides is 19. The van der Waals surface area contributed by atoms with E-state index in [1.165, 1.54) is 48.6 Å². The number of methoxy groups -OCH3 is 1. The zero-order valence-corrected chi connectivity index (χ0v) is 78.3. The van der Waals surface area contributed by atoms with Gasteiger partial charge in [0.25, 0.3) is 0 Å². The summed E-state index contributed by atoms with van der Waals surface area (Å²) in [6, 6.07) is -8.09. The Morgan fingerprint density at radius 3 is 0.767 bits per heavy atom. The number of unbranched alkanes of at least 4 members (excludes halogenated alkanes) is 6. The molecule has 7 rings (SSSR count). The fraction of sp³-hybridized carbons (Fsp3) is 0.714. The highest BCUT2D eigenvalue weighted by Gasteiger charge is 2.46. The van der Waals surface area contributed by atoms with E-state index in [2.05, 4.69) is 69.1 Å². The highest BCUT2D eigenvalue weighted by atomic mass is 16.5. The number of phenolic OH excluding ortho intramolecular Hbond substituents is 2. The Hall–Kier alpha value is -11.8. The number of ether oxygens (including phenoxy) is 1. The number of phenols is 2. The van der Waals surface area contributed by atoms with Gasteiger partial charge in [0.15, 0.2) is 11.5 Å². The molecule has 42 heteroatoms. The molecule has 0 bridgehead atoms. The molecule has 6 saturated heterocycles. The number of nitrogens with zero attached hydrogens (tertiary/aromatic N) is 6. The average molecular weight is 1870 g/mol. The van der Waals surface area contributed by atoms with Crippen LogP contribution in [0.25, 0.3) is 0 Å². The quantitative estimate of drug-likeness (QED) is 0.0286. The van der Waals surface area contributed by atoms with Crippen LogP contribution in [0.2, 0.25) is 0 Å². The zero-order valence-electron chi connectivity index (χ0n) is 78.3. The molecule has 0 unspecified atom stereocenters. The first-order valence-electron chi connectivity index (χ1n) is 47.9. The first kappa shape index (κ1) is 108. The van der Waals surface area contributed by atoms with Crippen LogP contribution in [0.15, 0.2) is 18.2 Å². The smallest absolute Gasteiger partial charge is 0.328 e. The Morgan fingerprint density at radius 2 is 0.534 bits per heavy atom. The van der Waals surface area contributed by atoms with Crippen molar-refractivity contribution in [2.45, 2.75) is 326 Å². The number of aromatic hydroxyl groups is 2. The molecular weight excluding hydrogens is 1730 g/mol. The van der Waals surface area contributed by atoms with Crippen LogP contribution in [0.1, 0.15) is 253 Å². The molecule has 0 radical (unpaired) electrons. The van der Waals surface area contributed by atoms with Crippen molar-refractivity contribution in [2.24, 2.45) is 0 Å². The predicted molar refractivity (Wildman–Crippen MR) is 483 cm³/mol. The third kappa shape index (κ3) is 33.4. The highest BCUT2D eigenvalue weighted by Crippen LogP contribution is 2.29. The highest BCUT2D eigenvalue weighted by molar-refractivity contribution is 6.01. The summed E-state index contributed by atoms with van der Waals surface area (Å²) < 4.78 is 4.91. The van der Waals surface area contributed by atoms with Crippen LogP contribution in [0.5, 0.6) is 11.5 Å². The minimum atomic E-state index is -1.14. The van der Waals surface area contributed by atoms with Crippen LogP contribution in [0.4, 0.5) is 0 Å². The number of benzene rings is 1. The average Bonchev–Trinajstić information content (AvgIpc) is 1.74. The lowest BCUT2D eigenvalue weighted by molar-refractivity contribution is -0.152. The van der Waals surface area contributed by atoms with Crippen molar-refractivity contribution in [1.29, 1.82) is 0 Å². The summed E-state index contributed by atoms with van der Waals surface area (Å²) >= 11 is 0. The Balaban J connectivity index is 0.839. The lowest BCUT2D eigenvalue weighted by atomic mass is 10.1. The van der Waals surface area contributed by atoms with Crippen LogP contribution in [-0.4, -0.2) is 323 Å². The van der Waals surface area contributed by atoms with Gasteiger partial charge in [0.05, 0.1) is 46.4 Å². The summed E-state index contributed by atoms with van der Waals surface area (Å²) in [5.41, 5.74) is 0.666. The van der Waals surface area contributed by atoms with Crippen LogP contribution >= 0.6 is 0 Å². The van der Waals surface area contributed by atoms with Gasteiger partial charge < -0.3 is 113 Å². The van der Waals surface area contributed by atoms with E-state index < -0.39 is 230 Å². The van der Waals surface area contributed by atoms with E-state index in [0.29, 0.717) is 141 Å². The van der Waals surface area contributed by atoms with E-state index in [1.54, 1.807) is 6.07 Å². The first-order valence-corrected chi connectivity index (χ1v) is 47.9. The number of carbonyl (C=O) groups excluding carboxylic acids is 20. The summed E-state index contributed by atoms with van der Waals surface area (Å²) in [7, 11) is 1.25. The molecule has 12 atom stereocenters. The number of carbonyl (C=O) groups is 20. The first-order chi connectivity index (χ1) is 63.8. The van der Waals surface area contributed by atoms with Crippen molar-refractivity contribution >= 4 is 118 Å². The zero-order chi connectivity index (χ0) is 97.2. The molecule has 6 aliphatic heterocycles. The molecule has 1 aromatic carbocycles. The van der Waals surface area contributed by atoms with Crippen molar-refractivity contribution in [2.75, 3.05) is 92.2 Å². The standard InChI is InChI=1S/C91H143N19O23/c1-8-14-26-58(99-74(115)51-93-73(114)41-40-72(113)92-43-42-57-38-39-70(111)71(112)50-57)85(126)105-44-20-32-64(105)80(121)94-52-75(116)100-59(27-15-9-2)86(127)106-45-21-33-65(106)81(122)95-53-76(117)101-60(28-16-10-3)87(128)107-46-22-34-66(107)82(123)96-54-77(118)102-61(29-17-11-4)88(129)108-47-23-35-67(108)83(124)97-55-78(119)103-62(30-18-12-5)89(130)109-48-24-36-68(109)84(125)98-56-79(120)104-63(31-19-13-6)90(131)110-49-25-37-69(110)91(132)133-7/h38-39,50,58-69,111-112H,8-37,40-49,51-56H2,1-7H3,(H,92,113)(H,93,114)(H,94,121)(H,95,122)(H,96,123)(H,97,124)(H,98,125)(H,99,115)(H,100,116)(H,101,117)(H,102,118)(H,103,119)(H,104,120)/t58-,59-,60-,61-,62-,63-,64-,65-,66-,67-,68-,69-/m0/s1. The Morgan fingerprint density at radius 1 is 0.308 bits per heavy atom. The van der Waals surface area contributed by atoms with Crippen molar-refractivity contribution in [3.05, 3.63) is 23.8 Å². The fourth-order valence-corrected chi connectivity index (χ4v) is 17.7. The minimum absolute atomic E-state index is 0.136. The monoisotopic (exact) mass is 1870 g/mol. The number of likely N-dealkylation sites (tertiary alicyclic amines) is 6. The minimum Gasteiger partial charge on any atom is -0.504 e. The molecule has 0 saturated carbocycles. The van der Waals surface area contributed by atoms with Gasteiger partial charge in [-0.1, -0.05) is 125 Å². The van der Waals surface area contributed by atoms with Gasteiger partial charge in [0.1, 0.15) is 72.5 Å². The van der Waals surface area contributed by atoms with Gasteiger partial charge in [-0.2, -0.15) is 0 Å². The second kappa shape index (κ2) is 56.3. The second-order valence-corrected chi connectivity index (χ2v) is 35.0. The normalized spacial score (nSPS) is 19.3. The molecule has 0 aromatic heterocycles. The van der Waals surface area contributed by atoms with Gasteiger partial charge in [-0.25, -0.2) is 4.79 Å². The number of hydrogen-bond donors (Lipinski definition) is 15. The Labute approximate surface area is 777 Å². The number of esters is 1. The maximum Gasteiger partial charge on any atom is 0.328 e. The molecule has 15 N–H and O–H groups in total. The van der Waals surface area contributed by atoms with Gasteiger partial charge in [-0.3, -0.25) is 91.1 Å². The number of rotatable bonds is 54. The Kier molecular flexibility index (Phi) is 45.8. The van der Waals surface area contributed by atoms with E-state index in [0.717, 1.165) is 6.42 Å².